The summed E-state index contributed by atoms with van der Waals surface area (Å²) in [7, 11) is -4.64. The lowest BCUT2D eigenvalue weighted by atomic mass is 10.3. The van der Waals surface area contributed by atoms with E-state index in [4.69, 9.17) is 19.2 Å². The molecular weight excluding hydrogens is 225 g/mol. The third kappa shape index (κ3) is 11.1. The molecule has 0 aliphatic rings. The molecule has 0 saturated heterocycles. The van der Waals surface area contributed by atoms with E-state index in [9.17, 15) is 0 Å². The van der Waals surface area contributed by atoms with Crippen LogP contribution in [0.1, 0.15) is 0 Å². The number of isothiocyanates is 1. The monoisotopic (exact) mass is 233 g/mol. The summed E-state index contributed by atoms with van der Waals surface area (Å²) in [4.78, 5) is 25.3. The molecule has 0 fully saturated rings. The average Bonchev–Trinajstić information content (AvgIpc) is 2.03. The number of phosphoric acid groups is 1. The highest BCUT2D eigenvalue weighted by atomic mass is 32.1. The molecule has 5 nitrogen and oxygen atoms in total. The lowest BCUT2D eigenvalue weighted by molar-refractivity contribution is 0.275. The Hall–Kier alpha value is -0.870. The molecule has 0 unspecified atom stereocenters. The third-order valence-corrected chi connectivity index (χ3v) is 1.02. The highest BCUT2D eigenvalue weighted by Crippen LogP contribution is 2.25. The van der Waals surface area contributed by atoms with E-state index in [1.165, 1.54) is 0 Å². The van der Waals surface area contributed by atoms with Crippen LogP contribution in [0, 0.1) is 0 Å². The highest BCUT2D eigenvalue weighted by molar-refractivity contribution is 7.78. The van der Waals surface area contributed by atoms with Gasteiger partial charge in [0, 0.05) is 0 Å². The summed E-state index contributed by atoms with van der Waals surface area (Å²) in [5.41, 5.74) is 0.854. The van der Waals surface area contributed by atoms with Crippen LogP contribution in [0.4, 0.5) is 5.69 Å². The zero-order chi connectivity index (χ0) is 11.0. The topological polar surface area (TPSA) is 90.1 Å². The van der Waals surface area contributed by atoms with E-state index in [0.29, 0.717) is 0 Å². The van der Waals surface area contributed by atoms with E-state index in [0.717, 1.165) is 5.69 Å². The summed E-state index contributed by atoms with van der Waals surface area (Å²) in [5.74, 6) is 0. The molecule has 0 spiro atoms. The summed E-state index contributed by atoms with van der Waals surface area (Å²) < 4.78 is 8.88. The van der Waals surface area contributed by atoms with Gasteiger partial charge < -0.3 is 14.7 Å². The molecule has 1 aromatic rings. The summed E-state index contributed by atoms with van der Waals surface area (Å²) in [5, 5.41) is 2.29. The van der Waals surface area contributed by atoms with Crippen molar-refractivity contribution in [2.75, 3.05) is 0 Å². The number of benzene rings is 1. The Bertz CT molecular complexity index is 349. The van der Waals surface area contributed by atoms with E-state index in [1.807, 2.05) is 30.3 Å². The molecule has 0 radical (unpaired) electrons. The molecule has 0 bridgehead atoms. The first-order chi connectivity index (χ1) is 6.43. The highest BCUT2D eigenvalue weighted by Gasteiger charge is 2.00. The largest absolute Gasteiger partial charge is 0.466 e. The number of para-hydroxylation sites is 1. The quantitative estimate of drug-likeness (QED) is 0.388. The molecule has 0 aliphatic heterocycles. The Labute approximate surface area is 86.0 Å². The van der Waals surface area contributed by atoms with Crippen molar-refractivity contribution in [1.82, 2.24) is 0 Å². The fourth-order valence-electron chi connectivity index (χ4n) is 0.555. The molecule has 7 heteroatoms. The van der Waals surface area contributed by atoms with E-state index in [-0.39, 0.29) is 0 Å². The Balaban J connectivity index is 0.000000292. The molecule has 0 heterocycles. The van der Waals surface area contributed by atoms with Gasteiger partial charge in [-0.1, -0.05) is 18.2 Å². The predicted octanol–water partition coefficient (Wildman–Crippen LogP) is 1.49. The van der Waals surface area contributed by atoms with Crippen LogP contribution in [0.5, 0.6) is 0 Å². The fraction of sp³-hybridized carbons (Fsp3) is 0. The van der Waals surface area contributed by atoms with Gasteiger partial charge in [-0.25, -0.2) is 4.57 Å². The van der Waals surface area contributed by atoms with Crippen molar-refractivity contribution in [3.63, 3.8) is 0 Å². The summed E-state index contributed by atoms with van der Waals surface area (Å²) >= 11 is 4.42. The molecule has 0 aromatic heterocycles. The van der Waals surface area contributed by atoms with Crippen molar-refractivity contribution in [3.8, 4) is 0 Å². The Morgan fingerprint density at radius 2 is 1.64 bits per heavy atom. The number of nitrogens with zero attached hydrogens (tertiary/aromatic N) is 1. The van der Waals surface area contributed by atoms with Gasteiger partial charge in [0.1, 0.15) is 0 Å². The average molecular weight is 233 g/mol. The van der Waals surface area contributed by atoms with Crippen LogP contribution in [0.15, 0.2) is 35.3 Å². The maximum absolute atomic E-state index is 8.88. The van der Waals surface area contributed by atoms with Gasteiger partial charge in [-0.05, 0) is 24.4 Å². The SMILES string of the molecule is O=P(O)(O)O.S=C=Nc1ccccc1. The summed E-state index contributed by atoms with van der Waals surface area (Å²) in [6.07, 6.45) is 0. The summed E-state index contributed by atoms with van der Waals surface area (Å²) in [6.45, 7) is 0. The zero-order valence-electron chi connectivity index (χ0n) is 6.94. The number of thiocarbonyl (C=S) groups is 1. The molecule has 1 rings (SSSR count). The molecule has 0 aliphatic carbocycles. The van der Waals surface area contributed by atoms with Gasteiger partial charge in [-0.15, -0.1) is 0 Å². The van der Waals surface area contributed by atoms with Crippen molar-refractivity contribution >= 4 is 30.9 Å². The van der Waals surface area contributed by atoms with Crippen molar-refractivity contribution in [2.24, 2.45) is 4.99 Å². The van der Waals surface area contributed by atoms with Gasteiger partial charge in [0.15, 0.2) is 0 Å². The Morgan fingerprint density at radius 1 is 1.21 bits per heavy atom. The Kier molecular flexibility index (Phi) is 6.16. The summed E-state index contributed by atoms with van der Waals surface area (Å²) in [6, 6.07) is 9.50. The molecule has 0 atom stereocenters. The van der Waals surface area contributed by atoms with Crippen LogP contribution in [-0.4, -0.2) is 19.8 Å². The first-order valence-corrected chi connectivity index (χ1v) is 5.32. The minimum absolute atomic E-state index is 0.854. The van der Waals surface area contributed by atoms with Crippen molar-refractivity contribution in [3.05, 3.63) is 30.3 Å². The van der Waals surface area contributed by atoms with E-state index >= 15 is 0 Å². The molecule has 0 saturated carbocycles. The van der Waals surface area contributed by atoms with Crippen LogP contribution in [-0.2, 0) is 4.57 Å². The zero-order valence-corrected chi connectivity index (χ0v) is 8.65. The standard InChI is InChI=1S/C7H5NS.H3O4P/c9-6-8-7-4-2-1-3-5-7;1-5(2,3)4/h1-5H;(H3,1,2,3,4). The molecular formula is C7H8NO4PS. The van der Waals surface area contributed by atoms with Gasteiger partial charge in [0.25, 0.3) is 0 Å². The maximum atomic E-state index is 8.88. The first-order valence-electron chi connectivity index (χ1n) is 3.34. The van der Waals surface area contributed by atoms with Crippen molar-refractivity contribution < 1.29 is 19.2 Å². The minimum atomic E-state index is -4.64. The van der Waals surface area contributed by atoms with E-state index in [1.54, 1.807) is 0 Å². The van der Waals surface area contributed by atoms with Gasteiger partial charge in [0.05, 0.1) is 10.8 Å². The second-order valence-corrected chi connectivity index (χ2v) is 3.26. The van der Waals surface area contributed by atoms with E-state index < -0.39 is 7.82 Å². The molecule has 1 aromatic carbocycles. The van der Waals surface area contributed by atoms with Crippen LogP contribution in [0.3, 0.4) is 0 Å². The van der Waals surface area contributed by atoms with E-state index in [2.05, 4.69) is 22.4 Å². The number of aliphatic imine (C=N–C) groups is 1. The normalized spacial score (nSPS) is 9.36. The van der Waals surface area contributed by atoms with Gasteiger partial charge in [0.2, 0.25) is 0 Å². The third-order valence-electron chi connectivity index (χ3n) is 0.931. The van der Waals surface area contributed by atoms with Crippen LogP contribution < -0.4 is 0 Å². The molecule has 76 valence electrons. The van der Waals surface area contributed by atoms with Crippen molar-refractivity contribution in [1.29, 1.82) is 0 Å². The fourth-order valence-corrected chi connectivity index (χ4v) is 0.661. The Morgan fingerprint density at radius 3 is 2.00 bits per heavy atom. The second-order valence-electron chi connectivity index (χ2n) is 2.05. The minimum Gasteiger partial charge on any atom is -0.303 e. The number of rotatable bonds is 1. The van der Waals surface area contributed by atoms with Crippen LogP contribution in [0.2, 0.25) is 0 Å². The predicted molar refractivity (Wildman–Crippen MR) is 55.4 cm³/mol. The molecule has 0 amide bonds. The smallest absolute Gasteiger partial charge is 0.303 e. The van der Waals surface area contributed by atoms with Crippen molar-refractivity contribution in [2.45, 2.75) is 0 Å². The van der Waals surface area contributed by atoms with Gasteiger partial charge >= 0.3 is 7.82 Å². The molecule has 3 N–H and O–H groups in total. The van der Waals surface area contributed by atoms with Crippen LogP contribution in [0.25, 0.3) is 0 Å². The number of hydrogen-bond acceptors (Lipinski definition) is 3. The second kappa shape index (κ2) is 6.56. The maximum Gasteiger partial charge on any atom is 0.466 e. The molecule has 14 heavy (non-hydrogen) atoms. The number of hydrogen-bond donors (Lipinski definition) is 3. The first kappa shape index (κ1) is 13.1. The lowest BCUT2D eigenvalue weighted by Crippen LogP contribution is -1.66. The van der Waals surface area contributed by atoms with Gasteiger partial charge in [-0.3, -0.25) is 0 Å². The van der Waals surface area contributed by atoms with Gasteiger partial charge in [-0.2, -0.15) is 4.99 Å². The van der Waals surface area contributed by atoms with Crippen LogP contribution >= 0.6 is 20.0 Å². The lowest BCUT2D eigenvalue weighted by Gasteiger charge is -1.83.